The van der Waals surface area contributed by atoms with E-state index < -0.39 is 0 Å². The summed E-state index contributed by atoms with van der Waals surface area (Å²) in [6, 6.07) is 8.46. The fourth-order valence-corrected chi connectivity index (χ4v) is 2.80. The SMILES string of the molecule is Cc1cccc([C@H](Cn2cnc3cn(C)nc3c2=O)N(C)C)c1. The van der Waals surface area contributed by atoms with E-state index in [1.165, 1.54) is 11.1 Å². The topological polar surface area (TPSA) is 56.0 Å². The summed E-state index contributed by atoms with van der Waals surface area (Å²) in [7, 11) is 5.83. The number of benzene rings is 1. The highest BCUT2D eigenvalue weighted by Crippen LogP contribution is 2.21. The standard InChI is InChI=1S/C17H21N5O/c1-12-6-5-7-13(8-12)15(20(2)3)10-22-11-18-14-9-21(4)19-16(14)17(22)23/h5-9,11,15H,10H2,1-4H3/t15-/m0/s1. The lowest BCUT2D eigenvalue weighted by Gasteiger charge is -2.25. The van der Waals surface area contributed by atoms with Gasteiger partial charge in [0.1, 0.15) is 5.52 Å². The molecule has 3 aromatic rings. The van der Waals surface area contributed by atoms with Crippen molar-refractivity contribution in [2.75, 3.05) is 14.1 Å². The van der Waals surface area contributed by atoms with E-state index in [9.17, 15) is 4.79 Å². The van der Waals surface area contributed by atoms with Crippen molar-refractivity contribution in [3.8, 4) is 0 Å². The van der Waals surface area contributed by atoms with E-state index in [-0.39, 0.29) is 11.6 Å². The highest BCUT2D eigenvalue weighted by atomic mass is 16.1. The first-order chi connectivity index (χ1) is 11.0. The number of likely N-dealkylation sites (N-methyl/N-ethyl adjacent to an activating group) is 1. The van der Waals surface area contributed by atoms with E-state index >= 15 is 0 Å². The van der Waals surface area contributed by atoms with Gasteiger partial charge in [0.25, 0.3) is 5.56 Å². The van der Waals surface area contributed by atoms with E-state index in [0.29, 0.717) is 17.6 Å². The minimum atomic E-state index is -0.102. The van der Waals surface area contributed by atoms with E-state index in [1.807, 2.05) is 20.2 Å². The van der Waals surface area contributed by atoms with Crippen LogP contribution in [0.25, 0.3) is 11.0 Å². The van der Waals surface area contributed by atoms with Gasteiger partial charge in [-0.25, -0.2) is 4.98 Å². The van der Waals surface area contributed by atoms with Gasteiger partial charge in [0.2, 0.25) is 0 Å². The number of aromatic nitrogens is 4. The highest BCUT2D eigenvalue weighted by Gasteiger charge is 2.17. The Morgan fingerprint density at radius 1 is 1.30 bits per heavy atom. The predicted octanol–water partition coefficient (Wildman–Crippen LogP) is 1.74. The first-order valence-electron chi connectivity index (χ1n) is 7.57. The second-order valence-electron chi connectivity index (χ2n) is 6.13. The summed E-state index contributed by atoms with van der Waals surface area (Å²) in [5.74, 6) is 0. The maximum Gasteiger partial charge on any atom is 0.281 e. The van der Waals surface area contributed by atoms with Crippen LogP contribution in [0.2, 0.25) is 0 Å². The average molecular weight is 311 g/mol. The Bertz CT molecular complexity index is 893. The van der Waals surface area contributed by atoms with Crippen molar-refractivity contribution >= 4 is 11.0 Å². The molecule has 6 heteroatoms. The minimum Gasteiger partial charge on any atom is -0.301 e. The molecule has 0 saturated heterocycles. The van der Waals surface area contributed by atoms with Crippen LogP contribution in [0, 0.1) is 6.92 Å². The molecule has 0 spiro atoms. The van der Waals surface area contributed by atoms with Gasteiger partial charge in [0.15, 0.2) is 5.52 Å². The Kier molecular flexibility index (Phi) is 4.00. The van der Waals surface area contributed by atoms with Crippen molar-refractivity contribution in [1.82, 2.24) is 24.2 Å². The van der Waals surface area contributed by atoms with Crippen LogP contribution < -0.4 is 5.56 Å². The molecule has 1 atom stereocenters. The Balaban J connectivity index is 2.01. The zero-order chi connectivity index (χ0) is 16.6. The van der Waals surface area contributed by atoms with Gasteiger partial charge in [0, 0.05) is 13.6 Å². The van der Waals surface area contributed by atoms with Crippen LogP contribution in [0.15, 0.2) is 41.6 Å². The van der Waals surface area contributed by atoms with Crippen LogP contribution in [-0.2, 0) is 13.6 Å². The Hall–Kier alpha value is -2.47. The van der Waals surface area contributed by atoms with Crippen LogP contribution in [0.3, 0.4) is 0 Å². The van der Waals surface area contributed by atoms with E-state index in [1.54, 1.807) is 28.8 Å². The third-order valence-electron chi connectivity index (χ3n) is 4.03. The second kappa shape index (κ2) is 5.96. The molecule has 0 N–H and O–H groups in total. The number of hydrogen-bond donors (Lipinski definition) is 0. The molecule has 0 radical (unpaired) electrons. The molecule has 0 aliphatic carbocycles. The van der Waals surface area contributed by atoms with Crippen molar-refractivity contribution < 1.29 is 0 Å². The molecule has 2 aromatic heterocycles. The van der Waals surface area contributed by atoms with Crippen molar-refractivity contribution in [2.45, 2.75) is 19.5 Å². The average Bonchev–Trinajstić information content (AvgIpc) is 2.88. The molecule has 2 heterocycles. The summed E-state index contributed by atoms with van der Waals surface area (Å²) < 4.78 is 3.26. The van der Waals surface area contributed by atoms with Crippen LogP contribution >= 0.6 is 0 Å². The molecule has 0 amide bonds. The molecule has 0 bridgehead atoms. The summed E-state index contributed by atoms with van der Waals surface area (Å²) in [6.45, 7) is 2.61. The second-order valence-corrected chi connectivity index (χ2v) is 6.13. The number of hydrogen-bond acceptors (Lipinski definition) is 4. The summed E-state index contributed by atoms with van der Waals surface area (Å²) in [5.41, 5.74) is 3.33. The van der Waals surface area contributed by atoms with E-state index in [0.717, 1.165) is 0 Å². The molecular formula is C17H21N5O. The fraction of sp³-hybridized carbons (Fsp3) is 0.353. The number of fused-ring (bicyclic) bond motifs is 1. The van der Waals surface area contributed by atoms with Crippen molar-refractivity contribution in [3.05, 3.63) is 58.3 Å². The van der Waals surface area contributed by atoms with Gasteiger partial charge in [-0.3, -0.25) is 14.0 Å². The van der Waals surface area contributed by atoms with Gasteiger partial charge in [0.05, 0.1) is 18.6 Å². The quantitative estimate of drug-likeness (QED) is 0.736. The molecule has 0 fully saturated rings. The predicted molar refractivity (Wildman–Crippen MR) is 90.4 cm³/mol. The van der Waals surface area contributed by atoms with Crippen molar-refractivity contribution in [2.24, 2.45) is 7.05 Å². The summed E-state index contributed by atoms with van der Waals surface area (Å²) in [4.78, 5) is 19.1. The van der Waals surface area contributed by atoms with Crippen LogP contribution in [0.5, 0.6) is 0 Å². The lowest BCUT2D eigenvalue weighted by molar-refractivity contribution is 0.266. The Labute approximate surface area is 135 Å². The van der Waals surface area contributed by atoms with Gasteiger partial charge in [-0.1, -0.05) is 29.8 Å². The van der Waals surface area contributed by atoms with Crippen molar-refractivity contribution in [1.29, 1.82) is 0 Å². The highest BCUT2D eigenvalue weighted by molar-refractivity contribution is 5.71. The molecule has 23 heavy (non-hydrogen) atoms. The molecule has 6 nitrogen and oxygen atoms in total. The fourth-order valence-electron chi connectivity index (χ4n) is 2.80. The maximum atomic E-state index is 12.6. The third-order valence-corrected chi connectivity index (χ3v) is 4.03. The zero-order valence-corrected chi connectivity index (χ0v) is 13.9. The summed E-state index contributed by atoms with van der Waals surface area (Å²) >= 11 is 0. The largest absolute Gasteiger partial charge is 0.301 e. The molecule has 0 saturated carbocycles. The molecule has 3 rings (SSSR count). The first-order valence-corrected chi connectivity index (χ1v) is 7.57. The van der Waals surface area contributed by atoms with Gasteiger partial charge < -0.3 is 4.90 Å². The summed E-state index contributed by atoms with van der Waals surface area (Å²) in [5, 5.41) is 4.22. The van der Waals surface area contributed by atoms with Gasteiger partial charge >= 0.3 is 0 Å². The molecule has 0 aliphatic rings. The lowest BCUT2D eigenvalue weighted by Crippen LogP contribution is -2.30. The number of nitrogens with zero attached hydrogens (tertiary/aromatic N) is 5. The lowest BCUT2D eigenvalue weighted by atomic mass is 10.0. The molecule has 120 valence electrons. The zero-order valence-electron chi connectivity index (χ0n) is 13.9. The molecule has 0 unspecified atom stereocenters. The number of rotatable bonds is 4. The Morgan fingerprint density at radius 2 is 2.09 bits per heavy atom. The monoisotopic (exact) mass is 311 g/mol. The van der Waals surface area contributed by atoms with Gasteiger partial charge in [-0.05, 0) is 26.6 Å². The van der Waals surface area contributed by atoms with E-state index in [2.05, 4.69) is 40.1 Å². The summed E-state index contributed by atoms with van der Waals surface area (Å²) in [6.07, 6.45) is 3.36. The van der Waals surface area contributed by atoms with E-state index in [4.69, 9.17) is 0 Å². The number of aryl methyl sites for hydroxylation is 2. The first kappa shape index (κ1) is 15.4. The van der Waals surface area contributed by atoms with Crippen molar-refractivity contribution in [3.63, 3.8) is 0 Å². The molecule has 1 aromatic carbocycles. The van der Waals surface area contributed by atoms with Gasteiger partial charge in [-0.2, -0.15) is 5.10 Å². The van der Waals surface area contributed by atoms with Gasteiger partial charge in [-0.15, -0.1) is 0 Å². The Morgan fingerprint density at radius 3 is 2.78 bits per heavy atom. The normalized spacial score (nSPS) is 12.9. The third kappa shape index (κ3) is 3.03. The molecule has 0 aliphatic heterocycles. The van der Waals surface area contributed by atoms with Crippen LogP contribution in [-0.4, -0.2) is 38.3 Å². The molecular weight excluding hydrogens is 290 g/mol. The minimum absolute atomic E-state index is 0.0931. The maximum absolute atomic E-state index is 12.6. The van der Waals surface area contributed by atoms with Crippen LogP contribution in [0.4, 0.5) is 0 Å². The smallest absolute Gasteiger partial charge is 0.281 e. The van der Waals surface area contributed by atoms with Crippen LogP contribution in [0.1, 0.15) is 17.2 Å².